The van der Waals surface area contributed by atoms with Crippen LogP contribution in [0.1, 0.15) is 11.6 Å². The van der Waals surface area contributed by atoms with Gasteiger partial charge in [-0.1, -0.05) is 42.5 Å². The van der Waals surface area contributed by atoms with E-state index >= 15 is 0 Å². The van der Waals surface area contributed by atoms with Gasteiger partial charge in [0.2, 0.25) is 5.91 Å². The summed E-state index contributed by atoms with van der Waals surface area (Å²) < 4.78 is 7.68. The first-order valence-corrected chi connectivity index (χ1v) is 8.12. The zero-order valence-corrected chi connectivity index (χ0v) is 13.3. The molecule has 2 aromatic carbocycles. The van der Waals surface area contributed by atoms with Crippen LogP contribution in [-0.4, -0.2) is 40.1 Å². The Bertz CT molecular complexity index is 838. The van der Waals surface area contributed by atoms with Crippen molar-refractivity contribution in [2.45, 2.75) is 12.6 Å². The maximum Gasteiger partial charge on any atom is 0.248 e. The fourth-order valence-electron chi connectivity index (χ4n) is 3.03. The molecule has 5 heteroatoms. The van der Waals surface area contributed by atoms with Crippen LogP contribution >= 0.6 is 0 Å². The lowest BCUT2D eigenvalue weighted by atomic mass is 10.1. The summed E-state index contributed by atoms with van der Waals surface area (Å²) in [5.74, 6) is 0.0478. The van der Waals surface area contributed by atoms with Gasteiger partial charge in [-0.15, -0.1) is 0 Å². The van der Waals surface area contributed by atoms with Gasteiger partial charge in [-0.3, -0.25) is 4.79 Å². The van der Waals surface area contributed by atoms with E-state index in [2.05, 4.69) is 15.6 Å². The maximum atomic E-state index is 12.2. The highest BCUT2D eigenvalue weighted by Crippen LogP contribution is 2.25. The van der Waals surface area contributed by atoms with Gasteiger partial charge in [0.15, 0.2) is 0 Å². The maximum absolute atomic E-state index is 12.2. The molecule has 1 aromatic heterocycles. The largest absolute Gasteiger partial charge is 0.367 e. The minimum absolute atomic E-state index is 0.0478. The van der Waals surface area contributed by atoms with E-state index in [-0.39, 0.29) is 12.5 Å². The van der Waals surface area contributed by atoms with Crippen LogP contribution in [0.25, 0.3) is 11.0 Å². The van der Waals surface area contributed by atoms with Crippen molar-refractivity contribution >= 4 is 16.9 Å². The fraction of sp³-hybridized carbons (Fsp3) is 0.263. The number of aromatic nitrogens is 2. The Morgan fingerprint density at radius 3 is 2.67 bits per heavy atom. The summed E-state index contributed by atoms with van der Waals surface area (Å²) in [5, 5.41) is 0. The number of likely N-dealkylation sites (tertiary alicyclic amines) is 1. The lowest BCUT2D eigenvalue weighted by molar-refractivity contribution is -0.142. The van der Waals surface area contributed by atoms with E-state index in [0.29, 0.717) is 25.7 Å². The van der Waals surface area contributed by atoms with Gasteiger partial charge in [0.1, 0.15) is 6.61 Å². The fourth-order valence-corrected chi connectivity index (χ4v) is 3.03. The molecule has 0 radical (unpaired) electrons. The average Bonchev–Trinajstić information content (AvgIpc) is 2.99. The van der Waals surface area contributed by atoms with Crippen LogP contribution in [0.4, 0.5) is 0 Å². The second-order valence-corrected chi connectivity index (χ2v) is 6.07. The van der Waals surface area contributed by atoms with Crippen molar-refractivity contribution in [2.75, 3.05) is 19.7 Å². The number of fused-ring (bicyclic) bond motifs is 1. The summed E-state index contributed by atoms with van der Waals surface area (Å²) in [7, 11) is 0. The molecule has 0 aliphatic carbocycles. The summed E-state index contributed by atoms with van der Waals surface area (Å²) >= 11 is 0. The molecule has 0 spiro atoms. The van der Waals surface area contributed by atoms with E-state index in [4.69, 9.17) is 4.74 Å². The van der Waals surface area contributed by atoms with E-state index < -0.39 is 0 Å². The van der Waals surface area contributed by atoms with E-state index in [9.17, 15) is 4.79 Å². The van der Waals surface area contributed by atoms with Gasteiger partial charge in [0.05, 0.1) is 30.0 Å². The third kappa shape index (κ3) is 2.90. The standard InChI is InChI=1S/C19H19N3O2/c23-19(13-24-12-15-6-2-1-3-7-15)21-10-16(11-21)22-14-20-17-8-4-5-9-18(17)22/h1-9,14,16H,10-13H2. The molecule has 1 fully saturated rings. The number of ether oxygens (including phenoxy) is 1. The normalized spacial score (nSPS) is 14.8. The summed E-state index contributed by atoms with van der Waals surface area (Å²) in [6.45, 7) is 2.03. The first-order valence-electron chi connectivity index (χ1n) is 8.12. The molecule has 0 unspecified atom stereocenters. The number of rotatable bonds is 5. The molecule has 0 saturated carbocycles. The van der Waals surface area contributed by atoms with Crippen LogP contribution in [0.15, 0.2) is 60.9 Å². The highest BCUT2D eigenvalue weighted by molar-refractivity contribution is 5.79. The SMILES string of the molecule is O=C(COCc1ccccc1)N1CC(n2cnc3ccccc32)C1. The topological polar surface area (TPSA) is 47.4 Å². The molecule has 1 aliphatic heterocycles. The number of hydrogen-bond donors (Lipinski definition) is 0. The van der Waals surface area contributed by atoms with Gasteiger partial charge < -0.3 is 14.2 Å². The molecular weight excluding hydrogens is 302 g/mol. The number of carbonyl (C=O) groups excluding carboxylic acids is 1. The lowest BCUT2D eigenvalue weighted by Gasteiger charge is -2.40. The molecule has 0 N–H and O–H groups in total. The molecule has 122 valence electrons. The smallest absolute Gasteiger partial charge is 0.248 e. The molecule has 4 rings (SSSR count). The van der Waals surface area contributed by atoms with Crippen molar-refractivity contribution in [3.05, 3.63) is 66.5 Å². The minimum Gasteiger partial charge on any atom is -0.367 e. The molecule has 1 amide bonds. The Morgan fingerprint density at radius 1 is 1.08 bits per heavy atom. The first kappa shape index (κ1) is 14.9. The van der Waals surface area contributed by atoms with E-state index in [1.807, 2.05) is 59.8 Å². The molecule has 3 aromatic rings. The number of imidazole rings is 1. The van der Waals surface area contributed by atoms with Crippen LogP contribution in [0.5, 0.6) is 0 Å². The first-order chi connectivity index (χ1) is 11.8. The highest BCUT2D eigenvalue weighted by atomic mass is 16.5. The second kappa shape index (κ2) is 6.45. The Kier molecular flexibility index (Phi) is 4.01. The Hall–Kier alpha value is -2.66. The zero-order chi connectivity index (χ0) is 16.4. The van der Waals surface area contributed by atoms with E-state index in [1.54, 1.807) is 0 Å². The predicted octanol–water partition coefficient (Wildman–Crippen LogP) is 2.64. The van der Waals surface area contributed by atoms with E-state index in [1.165, 1.54) is 0 Å². The quantitative estimate of drug-likeness (QED) is 0.726. The zero-order valence-electron chi connectivity index (χ0n) is 13.3. The van der Waals surface area contributed by atoms with Gasteiger partial charge >= 0.3 is 0 Å². The highest BCUT2D eigenvalue weighted by Gasteiger charge is 2.32. The van der Waals surface area contributed by atoms with Gasteiger partial charge in [-0.25, -0.2) is 4.98 Å². The molecule has 1 saturated heterocycles. The number of hydrogen-bond acceptors (Lipinski definition) is 3. The van der Waals surface area contributed by atoms with Crippen LogP contribution in [0, 0.1) is 0 Å². The van der Waals surface area contributed by atoms with Gasteiger partial charge in [0, 0.05) is 13.1 Å². The molecule has 1 aliphatic rings. The average molecular weight is 321 g/mol. The third-order valence-electron chi connectivity index (χ3n) is 4.43. The molecule has 0 bridgehead atoms. The van der Waals surface area contributed by atoms with Crippen molar-refractivity contribution in [2.24, 2.45) is 0 Å². The van der Waals surface area contributed by atoms with Crippen molar-refractivity contribution in [3.63, 3.8) is 0 Å². The molecule has 2 heterocycles. The minimum atomic E-state index is 0.0478. The summed E-state index contributed by atoms with van der Waals surface area (Å²) in [4.78, 5) is 18.4. The van der Waals surface area contributed by atoms with Crippen LogP contribution in [-0.2, 0) is 16.1 Å². The van der Waals surface area contributed by atoms with Crippen LogP contribution < -0.4 is 0 Å². The summed E-state index contributed by atoms with van der Waals surface area (Å²) in [6.07, 6.45) is 1.86. The molecule has 5 nitrogen and oxygen atoms in total. The lowest BCUT2D eigenvalue weighted by Crippen LogP contribution is -2.51. The van der Waals surface area contributed by atoms with Crippen molar-refractivity contribution in [3.8, 4) is 0 Å². The number of carbonyl (C=O) groups is 1. The third-order valence-corrected chi connectivity index (χ3v) is 4.43. The molecular formula is C19H19N3O2. The van der Waals surface area contributed by atoms with E-state index in [0.717, 1.165) is 16.6 Å². The monoisotopic (exact) mass is 321 g/mol. The van der Waals surface area contributed by atoms with Crippen molar-refractivity contribution in [1.29, 1.82) is 0 Å². The van der Waals surface area contributed by atoms with Crippen molar-refractivity contribution < 1.29 is 9.53 Å². The second-order valence-electron chi connectivity index (χ2n) is 6.07. The predicted molar refractivity (Wildman–Crippen MR) is 91.4 cm³/mol. The number of nitrogens with zero attached hydrogens (tertiary/aromatic N) is 3. The van der Waals surface area contributed by atoms with Gasteiger partial charge in [-0.05, 0) is 17.7 Å². The van der Waals surface area contributed by atoms with Gasteiger partial charge in [-0.2, -0.15) is 0 Å². The van der Waals surface area contributed by atoms with Crippen LogP contribution in [0.2, 0.25) is 0 Å². The Labute approximate surface area is 140 Å². The van der Waals surface area contributed by atoms with Gasteiger partial charge in [0.25, 0.3) is 0 Å². The Morgan fingerprint density at radius 2 is 1.83 bits per heavy atom. The molecule has 0 atom stereocenters. The molecule has 24 heavy (non-hydrogen) atoms. The van der Waals surface area contributed by atoms with Crippen molar-refractivity contribution in [1.82, 2.24) is 14.5 Å². The number of benzene rings is 2. The van der Waals surface area contributed by atoms with Crippen LogP contribution in [0.3, 0.4) is 0 Å². The number of amides is 1. The number of para-hydroxylation sites is 2. The summed E-state index contributed by atoms with van der Waals surface area (Å²) in [5.41, 5.74) is 3.19. The summed E-state index contributed by atoms with van der Waals surface area (Å²) in [6, 6.07) is 18.3. The Balaban J connectivity index is 1.28.